The Hall–Kier alpha value is -2.30. The molecule has 27 heavy (non-hydrogen) atoms. The van der Waals surface area contributed by atoms with Gasteiger partial charge in [0.2, 0.25) is 0 Å². The van der Waals surface area contributed by atoms with E-state index in [1.54, 1.807) is 24.1 Å². The molecule has 4 nitrogen and oxygen atoms in total. The molecule has 1 heterocycles. The van der Waals surface area contributed by atoms with E-state index in [4.69, 9.17) is 23.2 Å². The maximum Gasteiger partial charge on any atom is 0.289 e. The number of benzene rings is 2. The smallest absolute Gasteiger partial charge is 0.289 e. The number of nitrogens with zero attached hydrogens (tertiary/aromatic N) is 2. The van der Waals surface area contributed by atoms with E-state index in [1.807, 2.05) is 57.2 Å². The first-order valence-corrected chi connectivity index (χ1v) is 9.32. The lowest BCUT2D eigenvalue weighted by Crippen LogP contribution is -2.42. The van der Waals surface area contributed by atoms with Crippen LogP contribution in [0.15, 0.2) is 48.5 Å². The molecule has 1 amide bonds. The minimum absolute atomic E-state index is 0.169. The molecule has 2 aromatic carbocycles. The summed E-state index contributed by atoms with van der Waals surface area (Å²) in [6.45, 7) is 5.94. The Morgan fingerprint density at radius 1 is 0.926 bits per heavy atom. The van der Waals surface area contributed by atoms with Gasteiger partial charge in [-0.1, -0.05) is 47.5 Å². The SMILES string of the molecule is CN(C(=O)c1nc(-c2ccc(Cl)cc2)c(-c2ccc(Cl)cc2)[nH]1)C(C)(C)C. The topological polar surface area (TPSA) is 49.0 Å². The van der Waals surface area contributed by atoms with Gasteiger partial charge in [-0.3, -0.25) is 4.79 Å². The van der Waals surface area contributed by atoms with E-state index in [0.29, 0.717) is 21.6 Å². The van der Waals surface area contributed by atoms with Gasteiger partial charge in [0.1, 0.15) is 0 Å². The monoisotopic (exact) mass is 401 g/mol. The number of nitrogens with one attached hydrogen (secondary N) is 1. The van der Waals surface area contributed by atoms with Crippen LogP contribution in [0.2, 0.25) is 10.0 Å². The van der Waals surface area contributed by atoms with Crippen LogP contribution in [-0.2, 0) is 0 Å². The van der Waals surface area contributed by atoms with Crippen LogP contribution in [0.4, 0.5) is 0 Å². The van der Waals surface area contributed by atoms with Crippen LogP contribution in [0.25, 0.3) is 22.5 Å². The third-order valence-corrected chi connectivity index (χ3v) is 4.97. The Balaban J connectivity index is 2.13. The molecule has 3 rings (SSSR count). The highest BCUT2D eigenvalue weighted by Gasteiger charge is 2.27. The Labute approximate surface area is 169 Å². The van der Waals surface area contributed by atoms with Crippen molar-refractivity contribution in [2.24, 2.45) is 0 Å². The highest BCUT2D eigenvalue weighted by molar-refractivity contribution is 6.31. The zero-order valence-electron chi connectivity index (χ0n) is 15.7. The van der Waals surface area contributed by atoms with E-state index in [0.717, 1.165) is 16.8 Å². The standard InChI is InChI=1S/C21H21Cl2N3O/c1-21(2,3)26(4)20(27)19-24-17(13-5-9-15(22)10-6-13)18(25-19)14-7-11-16(23)12-8-14/h5-12H,1-4H3,(H,24,25). The highest BCUT2D eigenvalue weighted by Crippen LogP contribution is 2.32. The van der Waals surface area contributed by atoms with Crippen molar-refractivity contribution in [2.45, 2.75) is 26.3 Å². The summed E-state index contributed by atoms with van der Waals surface area (Å²) in [5, 5.41) is 1.29. The predicted octanol–water partition coefficient (Wildman–Crippen LogP) is 5.92. The molecular weight excluding hydrogens is 381 g/mol. The van der Waals surface area contributed by atoms with Gasteiger partial charge < -0.3 is 9.88 Å². The van der Waals surface area contributed by atoms with Crippen molar-refractivity contribution in [1.82, 2.24) is 14.9 Å². The van der Waals surface area contributed by atoms with Gasteiger partial charge in [-0.2, -0.15) is 0 Å². The summed E-state index contributed by atoms with van der Waals surface area (Å²) in [5.41, 5.74) is 2.91. The summed E-state index contributed by atoms with van der Waals surface area (Å²) >= 11 is 12.0. The Bertz CT molecular complexity index is 892. The fourth-order valence-electron chi connectivity index (χ4n) is 2.58. The van der Waals surface area contributed by atoms with Crippen LogP contribution in [0.3, 0.4) is 0 Å². The van der Waals surface area contributed by atoms with Crippen LogP contribution in [0, 0.1) is 0 Å². The van der Waals surface area contributed by atoms with Crippen LogP contribution < -0.4 is 0 Å². The highest BCUT2D eigenvalue weighted by atomic mass is 35.5. The number of rotatable bonds is 3. The predicted molar refractivity (Wildman–Crippen MR) is 111 cm³/mol. The van der Waals surface area contributed by atoms with Crippen LogP contribution in [-0.4, -0.2) is 33.4 Å². The maximum absolute atomic E-state index is 12.9. The molecule has 0 saturated heterocycles. The normalized spacial score (nSPS) is 11.5. The van der Waals surface area contributed by atoms with E-state index in [-0.39, 0.29) is 11.4 Å². The lowest BCUT2D eigenvalue weighted by Gasteiger charge is -2.31. The van der Waals surface area contributed by atoms with E-state index in [1.165, 1.54) is 0 Å². The number of imidazole rings is 1. The van der Waals surface area contributed by atoms with Crippen molar-refractivity contribution in [2.75, 3.05) is 7.05 Å². The van der Waals surface area contributed by atoms with Crippen molar-refractivity contribution in [3.8, 4) is 22.5 Å². The number of amides is 1. The third-order valence-electron chi connectivity index (χ3n) is 4.47. The van der Waals surface area contributed by atoms with Crippen molar-refractivity contribution in [1.29, 1.82) is 0 Å². The molecule has 0 saturated carbocycles. The molecule has 0 aliphatic carbocycles. The van der Waals surface area contributed by atoms with Gasteiger partial charge in [0.25, 0.3) is 5.91 Å². The van der Waals surface area contributed by atoms with Gasteiger partial charge in [0, 0.05) is 33.8 Å². The molecule has 0 bridgehead atoms. The summed E-state index contributed by atoms with van der Waals surface area (Å²) < 4.78 is 0. The number of carbonyl (C=O) groups is 1. The van der Waals surface area contributed by atoms with E-state index >= 15 is 0 Å². The first kappa shape index (κ1) is 19.5. The molecule has 0 aliphatic heterocycles. The summed E-state index contributed by atoms with van der Waals surface area (Å²) in [4.78, 5) is 22.4. The second-order valence-electron chi connectivity index (χ2n) is 7.36. The van der Waals surface area contributed by atoms with Crippen LogP contribution in [0.1, 0.15) is 31.4 Å². The Morgan fingerprint density at radius 3 is 1.89 bits per heavy atom. The molecule has 140 valence electrons. The molecule has 0 atom stereocenters. The van der Waals surface area contributed by atoms with Crippen molar-refractivity contribution >= 4 is 29.1 Å². The number of hydrogen-bond acceptors (Lipinski definition) is 2. The van der Waals surface area contributed by atoms with Gasteiger partial charge in [-0.25, -0.2) is 4.98 Å². The molecule has 0 aliphatic rings. The molecule has 0 radical (unpaired) electrons. The molecule has 6 heteroatoms. The van der Waals surface area contributed by atoms with Gasteiger partial charge in [-0.05, 0) is 45.0 Å². The van der Waals surface area contributed by atoms with Gasteiger partial charge in [0.05, 0.1) is 11.4 Å². The van der Waals surface area contributed by atoms with Gasteiger partial charge in [0.15, 0.2) is 5.82 Å². The third kappa shape index (κ3) is 4.18. The number of aromatic nitrogens is 2. The first-order chi connectivity index (χ1) is 12.7. The average Bonchev–Trinajstić information content (AvgIpc) is 3.06. The average molecular weight is 402 g/mol. The number of H-pyrrole nitrogens is 1. The summed E-state index contributed by atoms with van der Waals surface area (Å²) in [7, 11) is 1.77. The Kier molecular flexibility index (Phi) is 5.31. The largest absolute Gasteiger partial charge is 0.334 e. The summed E-state index contributed by atoms with van der Waals surface area (Å²) in [6.07, 6.45) is 0. The zero-order chi connectivity index (χ0) is 19.8. The van der Waals surface area contributed by atoms with E-state index in [2.05, 4.69) is 9.97 Å². The minimum atomic E-state index is -0.315. The second-order valence-corrected chi connectivity index (χ2v) is 8.23. The molecular formula is C21H21Cl2N3O. The molecule has 1 aromatic heterocycles. The van der Waals surface area contributed by atoms with Crippen molar-refractivity contribution in [3.63, 3.8) is 0 Å². The molecule has 0 fully saturated rings. The fourth-order valence-corrected chi connectivity index (χ4v) is 2.83. The van der Waals surface area contributed by atoms with Crippen molar-refractivity contribution < 1.29 is 4.79 Å². The molecule has 1 N–H and O–H groups in total. The van der Waals surface area contributed by atoms with Crippen molar-refractivity contribution in [3.05, 3.63) is 64.4 Å². The quantitative estimate of drug-likeness (QED) is 0.591. The second kappa shape index (κ2) is 7.37. The summed E-state index contributed by atoms with van der Waals surface area (Å²) in [6, 6.07) is 14.8. The summed E-state index contributed by atoms with van der Waals surface area (Å²) in [5.74, 6) is 0.125. The first-order valence-electron chi connectivity index (χ1n) is 8.57. The molecule has 0 spiro atoms. The maximum atomic E-state index is 12.9. The fraction of sp³-hybridized carbons (Fsp3) is 0.238. The molecule has 0 unspecified atom stereocenters. The minimum Gasteiger partial charge on any atom is -0.334 e. The number of hydrogen-bond donors (Lipinski definition) is 1. The van der Waals surface area contributed by atoms with Gasteiger partial charge in [-0.15, -0.1) is 0 Å². The van der Waals surface area contributed by atoms with E-state index in [9.17, 15) is 4.79 Å². The lowest BCUT2D eigenvalue weighted by atomic mass is 10.1. The molecule has 3 aromatic rings. The number of aromatic amines is 1. The van der Waals surface area contributed by atoms with Gasteiger partial charge >= 0.3 is 0 Å². The lowest BCUT2D eigenvalue weighted by molar-refractivity contribution is 0.0644. The van der Waals surface area contributed by atoms with Crippen LogP contribution in [0.5, 0.6) is 0 Å². The Morgan fingerprint density at radius 2 is 1.41 bits per heavy atom. The zero-order valence-corrected chi connectivity index (χ0v) is 17.2. The number of carbonyl (C=O) groups excluding carboxylic acids is 1. The number of halogens is 2. The van der Waals surface area contributed by atoms with Crippen LogP contribution >= 0.6 is 23.2 Å². The van der Waals surface area contributed by atoms with E-state index < -0.39 is 0 Å².